The zero-order valence-electron chi connectivity index (χ0n) is 23.5. The number of hydrogen-bond acceptors (Lipinski definition) is 3. The second-order valence-corrected chi connectivity index (χ2v) is 13.4. The average Bonchev–Trinajstić information content (AvgIpc) is 2.83. The Hall–Kier alpha value is 0.577. The van der Waals surface area contributed by atoms with Gasteiger partial charge in [0.2, 0.25) is 0 Å². The molecule has 0 heterocycles. The molecule has 0 bridgehead atoms. The van der Waals surface area contributed by atoms with Gasteiger partial charge in [-0.05, 0) is 33.6 Å². The summed E-state index contributed by atoms with van der Waals surface area (Å²) in [5, 5.41) is 1.18. The highest BCUT2D eigenvalue weighted by molar-refractivity contribution is 9.09. The number of rotatable bonds is 29. The summed E-state index contributed by atoms with van der Waals surface area (Å²) in [5.41, 5.74) is 0. The minimum absolute atomic E-state index is 0.685. The van der Waals surface area contributed by atoms with Crippen LogP contribution in [0.25, 0.3) is 0 Å². The number of alkyl halides is 1. The zero-order chi connectivity index (χ0) is 25.0. The molecule has 0 aromatic carbocycles. The lowest BCUT2D eigenvalue weighted by Gasteiger charge is -2.28. The first-order valence-corrected chi connectivity index (χ1v) is 18.3. The van der Waals surface area contributed by atoms with Gasteiger partial charge in [0.05, 0.1) is 0 Å². The normalized spacial score (nSPS) is 12.0. The van der Waals surface area contributed by atoms with Gasteiger partial charge in [-0.3, -0.25) is 0 Å². The highest BCUT2D eigenvalue weighted by Gasteiger charge is 2.39. The van der Waals surface area contributed by atoms with Crippen molar-refractivity contribution < 1.29 is 13.3 Å². The lowest BCUT2D eigenvalue weighted by Crippen LogP contribution is -2.45. The molecule has 0 aromatic rings. The maximum atomic E-state index is 5.95. The average molecular weight is 566 g/mol. The largest absolute Gasteiger partial charge is 0.500 e. The van der Waals surface area contributed by atoms with E-state index < -0.39 is 8.80 Å². The van der Waals surface area contributed by atoms with E-state index in [-0.39, 0.29) is 0 Å². The molecular formula is C29H61BrO3Si. The van der Waals surface area contributed by atoms with E-state index in [1.807, 2.05) is 20.8 Å². The van der Waals surface area contributed by atoms with Crippen molar-refractivity contribution >= 4 is 24.7 Å². The van der Waals surface area contributed by atoms with Crippen LogP contribution in [0.2, 0.25) is 6.04 Å². The van der Waals surface area contributed by atoms with Crippen LogP contribution in [0.1, 0.15) is 156 Å². The van der Waals surface area contributed by atoms with E-state index in [9.17, 15) is 0 Å². The van der Waals surface area contributed by atoms with Crippen molar-refractivity contribution in [2.45, 2.75) is 162 Å². The fraction of sp³-hybridized carbons (Fsp3) is 1.00. The van der Waals surface area contributed by atoms with Crippen molar-refractivity contribution in [3.63, 3.8) is 0 Å². The summed E-state index contributed by atoms with van der Waals surface area (Å²) >= 11 is 3.51. The summed E-state index contributed by atoms with van der Waals surface area (Å²) < 4.78 is 17.9. The van der Waals surface area contributed by atoms with E-state index >= 15 is 0 Å². The van der Waals surface area contributed by atoms with Crippen LogP contribution in [0.3, 0.4) is 0 Å². The predicted molar refractivity (Wildman–Crippen MR) is 156 cm³/mol. The third-order valence-corrected chi connectivity index (χ3v) is 10.4. The van der Waals surface area contributed by atoms with E-state index in [0.29, 0.717) is 19.8 Å². The first kappa shape index (κ1) is 34.6. The molecule has 5 heteroatoms. The van der Waals surface area contributed by atoms with E-state index in [1.165, 1.54) is 140 Å². The smallest absolute Gasteiger partial charge is 0.374 e. The predicted octanol–water partition coefficient (Wildman–Crippen LogP) is 10.6. The van der Waals surface area contributed by atoms with Gasteiger partial charge in [0, 0.05) is 31.2 Å². The van der Waals surface area contributed by atoms with Crippen molar-refractivity contribution in [1.82, 2.24) is 0 Å². The first-order chi connectivity index (χ1) is 16.7. The van der Waals surface area contributed by atoms with Gasteiger partial charge in [0.1, 0.15) is 0 Å². The second-order valence-electron chi connectivity index (χ2n) is 9.85. The molecule has 0 amide bonds. The Morgan fingerprint density at radius 1 is 0.382 bits per heavy atom. The Morgan fingerprint density at radius 3 is 0.853 bits per heavy atom. The highest BCUT2D eigenvalue weighted by Crippen LogP contribution is 2.21. The molecule has 0 fully saturated rings. The maximum absolute atomic E-state index is 5.95. The monoisotopic (exact) mass is 564 g/mol. The van der Waals surface area contributed by atoms with Crippen LogP contribution in [-0.2, 0) is 13.3 Å². The van der Waals surface area contributed by atoms with Gasteiger partial charge in [-0.15, -0.1) is 0 Å². The molecule has 206 valence electrons. The summed E-state index contributed by atoms with van der Waals surface area (Å²) in [4.78, 5) is 0. The van der Waals surface area contributed by atoms with E-state index in [0.717, 1.165) is 6.04 Å². The molecule has 3 nitrogen and oxygen atoms in total. The summed E-state index contributed by atoms with van der Waals surface area (Å²) in [6.45, 7) is 8.17. The van der Waals surface area contributed by atoms with Crippen molar-refractivity contribution in [2.24, 2.45) is 0 Å². The minimum atomic E-state index is -2.41. The maximum Gasteiger partial charge on any atom is 0.500 e. The van der Waals surface area contributed by atoms with Crippen molar-refractivity contribution in [1.29, 1.82) is 0 Å². The van der Waals surface area contributed by atoms with Crippen molar-refractivity contribution in [3.05, 3.63) is 0 Å². The van der Waals surface area contributed by atoms with E-state index in [1.54, 1.807) is 0 Å². The molecule has 0 saturated heterocycles. The third-order valence-electron chi connectivity index (χ3n) is 6.71. The fourth-order valence-electron chi connectivity index (χ4n) is 4.80. The minimum Gasteiger partial charge on any atom is -0.374 e. The topological polar surface area (TPSA) is 27.7 Å². The van der Waals surface area contributed by atoms with Crippen LogP contribution in [0, 0.1) is 0 Å². The highest BCUT2D eigenvalue weighted by atomic mass is 79.9. The lowest BCUT2D eigenvalue weighted by atomic mass is 10.0. The molecule has 0 aromatic heterocycles. The molecule has 0 aliphatic carbocycles. The van der Waals surface area contributed by atoms with Crippen molar-refractivity contribution in [2.75, 3.05) is 25.2 Å². The van der Waals surface area contributed by atoms with Crippen LogP contribution in [-0.4, -0.2) is 34.0 Å². The summed E-state index contributed by atoms with van der Waals surface area (Å²) in [6.07, 6.45) is 29.7. The Balaban J connectivity index is 3.33. The first-order valence-electron chi connectivity index (χ1n) is 15.2. The van der Waals surface area contributed by atoms with Crippen LogP contribution >= 0.6 is 15.9 Å². The Morgan fingerprint density at radius 2 is 0.618 bits per heavy atom. The van der Waals surface area contributed by atoms with Crippen LogP contribution in [0.5, 0.6) is 0 Å². The molecule has 0 atom stereocenters. The Bertz CT molecular complexity index is 367. The summed E-state index contributed by atoms with van der Waals surface area (Å²) in [5.74, 6) is 0. The number of unbranched alkanes of at least 4 members (excludes halogenated alkanes) is 20. The number of hydrogen-bond donors (Lipinski definition) is 0. The van der Waals surface area contributed by atoms with E-state index in [2.05, 4.69) is 15.9 Å². The summed E-state index contributed by atoms with van der Waals surface area (Å²) in [7, 11) is -2.41. The van der Waals surface area contributed by atoms with Crippen LogP contribution in [0.4, 0.5) is 0 Å². The third kappa shape index (κ3) is 23.0. The second kappa shape index (κ2) is 28.2. The molecular weight excluding hydrogens is 504 g/mol. The lowest BCUT2D eigenvalue weighted by molar-refractivity contribution is 0.0706. The van der Waals surface area contributed by atoms with Crippen molar-refractivity contribution in [3.8, 4) is 0 Å². The van der Waals surface area contributed by atoms with E-state index in [4.69, 9.17) is 13.3 Å². The Labute approximate surface area is 224 Å². The summed E-state index contributed by atoms with van der Waals surface area (Å²) in [6, 6.07) is 0.973. The molecule has 0 saturated carbocycles. The van der Waals surface area contributed by atoms with Gasteiger partial charge >= 0.3 is 8.80 Å². The Kier molecular flexibility index (Phi) is 28.6. The molecule has 0 rings (SSSR count). The van der Waals surface area contributed by atoms with Crippen LogP contribution < -0.4 is 0 Å². The molecule has 0 aliphatic rings. The molecule has 0 spiro atoms. The van der Waals surface area contributed by atoms with Crippen LogP contribution in [0.15, 0.2) is 0 Å². The van der Waals surface area contributed by atoms with Gasteiger partial charge in [-0.2, -0.15) is 0 Å². The molecule has 0 radical (unpaired) electrons. The van der Waals surface area contributed by atoms with Gasteiger partial charge < -0.3 is 13.3 Å². The van der Waals surface area contributed by atoms with Gasteiger partial charge in [-0.1, -0.05) is 138 Å². The van der Waals surface area contributed by atoms with Gasteiger partial charge in [0.25, 0.3) is 0 Å². The fourth-order valence-corrected chi connectivity index (χ4v) is 7.88. The molecule has 0 unspecified atom stereocenters. The van der Waals surface area contributed by atoms with Gasteiger partial charge in [-0.25, -0.2) is 0 Å². The standard InChI is InChI=1S/C29H61BrO3Si/c1-4-31-34(32-5-2,33-6-3)29-27-25-23-21-19-17-15-13-11-9-7-8-10-12-14-16-18-20-22-24-26-28-30/h4-29H2,1-3H3. The molecule has 0 N–H and O–H groups in total. The van der Waals surface area contributed by atoms with Gasteiger partial charge in [0.15, 0.2) is 0 Å². The zero-order valence-corrected chi connectivity index (χ0v) is 26.1. The molecule has 0 aliphatic heterocycles. The quantitative estimate of drug-likeness (QED) is 0.0513. The SMILES string of the molecule is CCO[Si](CCCCCCCCCCCCCCCCCCCCCCCBr)(OCC)OCC. The number of halogens is 1. The molecule has 34 heavy (non-hydrogen) atoms.